The highest BCUT2D eigenvalue weighted by Crippen LogP contribution is 2.49. The van der Waals surface area contributed by atoms with Gasteiger partial charge in [-0.3, -0.25) is 9.69 Å². The average molecular weight is 341 g/mol. The Morgan fingerprint density at radius 2 is 1.83 bits per heavy atom. The minimum Gasteiger partial charge on any atom is -0.311 e. The summed E-state index contributed by atoms with van der Waals surface area (Å²) in [6.07, 6.45) is 2.27. The van der Waals surface area contributed by atoms with Crippen LogP contribution < -0.4 is 0 Å². The van der Waals surface area contributed by atoms with Crippen LogP contribution in [0, 0.1) is 0 Å². The summed E-state index contributed by atoms with van der Waals surface area (Å²) in [5, 5.41) is 0.720. The Morgan fingerprint density at radius 1 is 1.08 bits per heavy atom. The summed E-state index contributed by atoms with van der Waals surface area (Å²) >= 11 is 6.11. The van der Waals surface area contributed by atoms with Gasteiger partial charge in [0.25, 0.3) is 5.91 Å². The molecule has 1 amide bonds. The molecule has 2 heterocycles. The van der Waals surface area contributed by atoms with E-state index in [4.69, 9.17) is 11.6 Å². The summed E-state index contributed by atoms with van der Waals surface area (Å²) in [5.74, 6) is 0.138. The highest BCUT2D eigenvalue weighted by atomic mass is 35.5. The maximum atomic E-state index is 13.0. The first-order valence-electron chi connectivity index (χ1n) is 8.62. The third kappa shape index (κ3) is 2.04. The van der Waals surface area contributed by atoms with Crippen LogP contribution in [0.15, 0.2) is 48.5 Å². The molecule has 2 aliphatic rings. The predicted molar refractivity (Wildman–Crippen MR) is 96.2 cm³/mol. The number of carbonyl (C=O) groups is 1. The lowest BCUT2D eigenvalue weighted by Crippen LogP contribution is -2.49. The molecular weight excluding hydrogens is 320 g/mol. The van der Waals surface area contributed by atoms with Crippen LogP contribution >= 0.6 is 11.6 Å². The van der Waals surface area contributed by atoms with Crippen molar-refractivity contribution in [1.82, 2.24) is 9.80 Å². The number of carbonyl (C=O) groups excluding carboxylic acids is 1. The summed E-state index contributed by atoms with van der Waals surface area (Å²) in [5.41, 5.74) is 2.58. The highest BCUT2D eigenvalue weighted by Gasteiger charge is 2.57. The fourth-order valence-corrected chi connectivity index (χ4v) is 4.32. The van der Waals surface area contributed by atoms with Crippen LogP contribution in [0.1, 0.15) is 41.3 Å². The second-order valence-electron chi connectivity index (χ2n) is 6.52. The van der Waals surface area contributed by atoms with Crippen LogP contribution in [-0.2, 0) is 5.66 Å². The van der Waals surface area contributed by atoms with Crippen molar-refractivity contribution in [3.8, 4) is 0 Å². The van der Waals surface area contributed by atoms with Gasteiger partial charge in [0.05, 0.1) is 0 Å². The fourth-order valence-electron chi connectivity index (χ4n) is 4.20. The van der Waals surface area contributed by atoms with Crippen LogP contribution in [0.4, 0.5) is 0 Å². The molecular formula is C20H21ClN2O. The van der Waals surface area contributed by atoms with Crippen molar-refractivity contribution >= 4 is 17.5 Å². The van der Waals surface area contributed by atoms with Gasteiger partial charge in [-0.15, -0.1) is 0 Å². The largest absolute Gasteiger partial charge is 0.311 e. The van der Waals surface area contributed by atoms with Gasteiger partial charge in [-0.1, -0.05) is 55.3 Å². The van der Waals surface area contributed by atoms with E-state index in [1.165, 1.54) is 0 Å². The Hall–Kier alpha value is -1.84. The van der Waals surface area contributed by atoms with E-state index in [1.807, 2.05) is 35.2 Å². The van der Waals surface area contributed by atoms with Crippen molar-refractivity contribution in [2.45, 2.75) is 25.4 Å². The fraction of sp³-hybridized carbons (Fsp3) is 0.350. The Kier molecular flexibility index (Phi) is 3.86. The van der Waals surface area contributed by atoms with Gasteiger partial charge in [-0.2, -0.15) is 0 Å². The molecule has 0 saturated carbocycles. The van der Waals surface area contributed by atoms with E-state index in [2.05, 4.69) is 30.0 Å². The van der Waals surface area contributed by atoms with E-state index >= 15 is 0 Å². The summed E-state index contributed by atoms with van der Waals surface area (Å²) in [6, 6.07) is 16.0. The van der Waals surface area contributed by atoms with Gasteiger partial charge in [0.2, 0.25) is 0 Å². The Bertz CT molecular complexity index is 773. The molecule has 0 aromatic heterocycles. The Morgan fingerprint density at radius 3 is 2.58 bits per heavy atom. The first-order valence-corrected chi connectivity index (χ1v) is 9.00. The lowest BCUT2D eigenvalue weighted by atomic mass is 9.90. The zero-order chi connectivity index (χ0) is 16.7. The summed E-state index contributed by atoms with van der Waals surface area (Å²) in [4.78, 5) is 17.5. The van der Waals surface area contributed by atoms with E-state index < -0.39 is 5.66 Å². The lowest BCUT2D eigenvalue weighted by Gasteiger charge is -2.40. The number of hydrogen-bond acceptors (Lipinski definition) is 2. The number of fused-ring (bicyclic) bond motifs is 3. The van der Waals surface area contributed by atoms with Gasteiger partial charge < -0.3 is 4.90 Å². The molecule has 2 aromatic carbocycles. The normalized spacial score (nSPS) is 22.8. The molecule has 1 atom stereocenters. The molecule has 2 aromatic rings. The molecule has 1 fully saturated rings. The third-order valence-electron chi connectivity index (χ3n) is 5.25. The van der Waals surface area contributed by atoms with Gasteiger partial charge in [0.15, 0.2) is 0 Å². The minimum atomic E-state index is -0.479. The maximum absolute atomic E-state index is 13.0. The van der Waals surface area contributed by atoms with E-state index in [-0.39, 0.29) is 5.91 Å². The number of benzene rings is 2. The van der Waals surface area contributed by atoms with Crippen molar-refractivity contribution in [2.75, 3.05) is 19.6 Å². The molecule has 124 valence electrons. The minimum absolute atomic E-state index is 0.138. The summed E-state index contributed by atoms with van der Waals surface area (Å²) < 4.78 is 0. The van der Waals surface area contributed by atoms with Gasteiger partial charge >= 0.3 is 0 Å². The SMILES string of the molecule is CCCCN1CCN2C(=O)c3ccccc3C12c1ccc(Cl)cc1. The summed E-state index contributed by atoms with van der Waals surface area (Å²) in [6.45, 7) is 4.86. The number of amides is 1. The first-order chi connectivity index (χ1) is 11.7. The molecule has 4 heteroatoms. The van der Waals surface area contributed by atoms with Crippen molar-refractivity contribution in [3.63, 3.8) is 0 Å². The van der Waals surface area contributed by atoms with E-state index in [1.54, 1.807) is 0 Å². The molecule has 0 spiro atoms. The van der Waals surface area contributed by atoms with Crippen LogP contribution in [-0.4, -0.2) is 35.3 Å². The highest BCUT2D eigenvalue weighted by molar-refractivity contribution is 6.30. The zero-order valence-electron chi connectivity index (χ0n) is 13.8. The van der Waals surface area contributed by atoms with Gasteiger partial charge in [-0.05, 0) is 30.2 Å². The first kappa shape index (κ1) is 15.7. The number of rotatable bonds is 4. The maximum Gasteiger partial charge on any atom is 0.256 e. The molecule has 0 radical (unpaired) electrons. The number of hydrogen-bond donors (Lipinski definition) is 0. The van der Waals surface area contributed by atoms with E-state index in [0.29, 0.717) is 0 Å². The second-order valence-corrected chi connectivity index (χ2v) is 6.96. The molecule has 2 aliphatic heterocycles. The molecule has 24 heavy (non-hydrogen) atoms. The molecule has 0 aliphatic carbocycles. The third-order valence-corrected chi connectivity index (χ3v) is 5.50. The van der Waals surface area contributed by atoms with Gasteiger partial charge in [-0.25, -0.2) is 0 Å². The standard InChI is InChI=1S/C20H21ClN2O/c1-2-3-12-22-13-14-23-19(24)17-6-4-5-7-18(17)20(22,23)15-8-10-16(21)11-9-15/h4-11H,2-3,12-14H2,1H3. The zero-order valence-corrected chi connectivity index (χ0v) is 14.6. The molecule has 1 saturated heterocycles. The topological polar surface area (TPSA) is 23.6 Å². The van der Waals surface area contributed by atoms with E-state index in [9.17, 15) is 4.79 Å². The van der Waals surface area contributed by atoms with Gasteiger partial charge in [0, 0.05) is 35.8 Å². The molecule has 0 N–H and O–H groups in total. The molecule has 1 unspecified atom stereocenters. The van der Waals surface area contributed by atoms with Gasteiger partial charge in [0.1, 0.15) is 5.66 Å². The Balaban J connectivity index is 1.93. The van der Waals surface area contributed by atoms with Crippen LogP contribution in [0.5, 0.6) is 0 Å². The number of unbranched alkanes of at least 4 members (excludes halogenated alkanes) is 1. The summed E-state index contributed by atoms with van der Waals surface area (Å²) in [7, 11) is 0. The van der Waals surface area contributed by atoms with Crippen LogP contribution in [0.3, 0.4) is 0 Å². The molecule has 3 nitrogen and oxygen atoms in total. The monoisotopic (exact) mass is 340 g/mol. The number of nitrogens with zero attached hydrogens (tertiary/aromatic N) is 2. The smallest absolute Gasteiger partial charge is 0.256 e. The van der Waals surface area contributed by atoms with Crippen molar-refractivity contribution < 1.29 is 4.79 Å². The van der Waals surface area contributed by atoms with Crippen molar-refractivity contribution in [1.29, 1.82) is 0 Å². The van der Waals surface area contributed by atoms with Crippen LogP contribution in [0.25, 0.3) is 0 Å². The lowest BCUT2D eigenvalue weighted by molar-refractivity contribution is 0.0451. The quantitative estimate of drug-likeness (QED) is 0.836. The van der Waals surface area contributed by atoms with Crippen molar-refractivity contribution in [2.24, 2.45) is 0 Å². The second kappa shape index (κ2) is 5.91. The Labute approximate surface area is 147 Å². The van der Waals surface area contributed by atoms with E-state index in [0.717, 1.165) is 54.2 Å². The van der Waals surface area contributed by atoms with Crippen molar-refractivity contribution in [3.05, 3.63) is 70.2 Å². The molecule has 4 rings (SSSR count). The average Bonchev–Trinajstić information content (AvgIpc) is 3.10. The molecule has 0 bridgehead atoms. The van der Waals surface area contributed by atoms with Crippen LogP contribution in [0.2, 0.25) is 5.02 Å². The number of halogens is 1. The predicted octanol–water partition coefficient (Wildman–Crippen LogP) is 4.11.